The molecule has 2 aromatic rings. The van der Waals surface area contributed by atoms with E-state index in [4.69, 9.17) is 4.42 Å². The minimum absolute atomic E-state index is 0.0225. The van der Waals surface area contributed by atoms with Crippen molar-refractivity contribution in [3.63, 3.8) is 0 Å². The molecule has 9 nitrogen and oxygen atoms in total. The Balaban J connectivity index is 1.60. The molecule has 1 aliphatic rings. The maximum atomic E-state index is 12.4. The number of furan rings is 1. The maximum Gasteiger partial charge on any atom is 0.293 e. The fourth-order valence-corrected chi connectivity index (χ4v) is 3.18. The molecule has 10 heteroatoms. The first-order valence-corrected chi connectivity index (χ1v) is 8.59. The highest BCUT2D eigenvalue weighted by Gasteiger charge is 2.34. The standard InChI is InChI=1S/C17H13N3O6S/c21-15(13-2-1-9-26-13)18-7-8-19-16(22)14(27-17(19)23)10-11-3-5-12(6-4-11)20(24)25/h1-6,9-10H,7-8H2,(H,18,21)/b14-10+. The lowest BCUT2D eigenvalue weighted by Crippen LogP contribution is -2.37. The Labute approximate surface area is 157 Å². The van der Waals surface area contributed by atoms with Gasteiger partial charge in [-0.25, -0.2) is 0 Å². The van der Waals surface area contributed by atoms with E-state index < -0.39 is 22.0 Å². The minimum Gasteiger partial charge on any atom is -0.459 e. The number of benzene rings is 1. The molecule has 0 spiro atoms. The second-order valence-electron chi connectivity index (χ2n) is 5.42. The SMILES string of the molecule is O=C(NCCN1C(=O)S/C(=C/c2ccc([N+](=O)[O-])cc2)C1=O)c1ccco1. The van der Waals surface area contributed by atoms with E-state index in [1.807, 2.05) is 0 Å². The monoisotopic (exact) mass is 387 g/mol. The topological polar surface area (TPSA) is 123 Å². The van der Waals surface area contributed by atoms with E-state index in [-0.39, 0.29) is 29.4 Å². The molecule has 1 aromatic heterocycles. The zero-order valence-electron chi connectivity index (χ0n) is 13.8. The average Bonchev–Trinajstić information content (AvgIpc) is 3.26. The first-order chi connectivity index (χ1) is 13.0. The second kappa shape index (κ2) is 7.87. The van der Waals surface area contributed by atoms with E-state index in [9.17, 15) is 24.5 Å². The van der Waals surface area contributed by atoms with Crippen LogP contribution in [0.1, 0.15) is 16.1 Å². The smallest absolute Gasteiger partial charge is 0.293 e. The van der Waals surface area contributed by atoms with Crippen molar-refractivity contribution in [1.29, 1.82) is 0 Å². The number of rotatable bonds is 6. The predicted octanol–water partition coefficient (Wildman–Crippen LogP) is 2.65. The molecule has 0 bridgehead atoms. The Morgan fingerprint density at radius 3 is 2.63 bits per heavy atom. The molecule has 3 amide bonds. The summed E-state index contributed by atoms with van der Waals surface area (Å²) in [6, 6.07) is 8.71. The van der Waals surface area contributed by atoms with Crippen LogP contribution >= 0.6 is 11.8 Å². The van der Waals surface area contributed by atoms with Crippen LogP contribution in [-0.4, -0.2) is 40.0 Å². The average molecular weight is 387 g/mol. The van der Waals surface area contributed by atoms with E-state index in [0.29, 0.717) is 5.56 Å². The largest absolute Gasteiger partial charge is 0.459 e. The molecule has 0 unspecified atom stereocenters. The second-order valence-corrected chi connectivity index (χ2v) is 6.41. The van der Waals surface area contributed by atoms with Gasteiger partial charge < -0.3 is 9.73 Å². The number of carbonyl (C=O) groups is 3. The summed E-state index contributed by atoms with van der Waals surface area (Å²) in [4.78, 5) is 47.6. The minimum atomic E-state index is -0.519. The lowest BCUT2D eigenvalue weighted by Gasteiger charge is -2.12. The van der Waals surface area contributed by atoms with Crippen molar-refractivity contribution in [2.24, 2.45) is 0 Å². The van der Waals surface area contributed by atoms with E-state index >= 15 is 0 Å². The highest BCUT2D eigenvalue weighted by atomic mass is 32.2. The number of amides is 3. The van der Waals surface area contributed by atoms with Crippen molar-refractivity contribution >= 4 is 40.6 Å². The van der Waals surface area contributed by atoms with E-state index in [2.05, 4.69) is 5.32 Å². The number of nitro benzene ring substituents is 1. The summed E-state index contributed by atoms with van der Waals surface area (Å²) in [7, 11) is 0. The van der Waals surface area contributed by atoms with Gasteiger partial charge in [-0.05, 0) is 47.7 Å². The summed E-state index contributed by atoms with van der Waals surface area (Å²) in [6.07, 6.45) is 2.87. The van der Waals surface area contributed by atoms with Crippen LogP contribution in [0.25, 0.3) is 6.08 Å². The third-order valence-corrected chi connectivity index (χ3v) is 4.55. The lowest BCUT2D eigenvalue weighted by atomic mass is 10.2. The molecule has 1 aliphatic heterocycles. The number of nitrogens with zero attached hydrogens (tertiary/aromatic N) is 2. The Morgan fingerprint density at radius 1 is 1.26 bits per heavy atom. The van der Waals surface area contributed by atoms with Gasteiger partial charge in [-0.1, -0.05) is 0 Å². The van der Waals surface area contributed by atoms with E-state index in [0.717, 1.165) is 16.7 Å². The van der Waals surface area contributed by atoms with Crippen molar-refractivity contribution < 1.29 is 23.7 Å². The van der Waals surface area contributed by atoms with Gasteiger partial charge in [-0.3, -0.25) is 29.4 Å². The number of imide groups is 1. The molecule has 3 rings (SSSR count). The Kier molecular flexibility index (Phi) is 5.36. The number of non-ortho nitro benzene ring substituents is 1. The molecule has 27 heavy (non-hydrogen) atoms. The molecule has 0 aliphatic carbocycles. The summed E-state index contributed by atoms with van der Waals surface area (Å²) in [5.74, 6) is -0.772. The summed E-state index contributed by atoms with van der Waals surface area (Å²) < 4.78 is 4.95. The molecule has 0 atom stereocenters. The molecule has 138 valence electrons. The molecule has 0 saturated carbocycles. The van der Waals surface area contributed by atoms with Gasteiger partial charge in [-0.2, -0.15) is 0 Å². The van der Waals surface area contributed by atoms with Crippen LogP contribution in [0.3, 0.4) is 0 Å². The third kappa shape index (κ3) is 4.23. The molecule has 2 heterocycles. The van der Waals surface area contributed by atoms with Gasteiger partial charge in [-0.15, -0.1) is 0 Å². The van der Waals surface area contributed by atoms with Crippen LogP contribution in [0.4, 0.5) is 10.5 Å². The molecular formula is C17H13N3O6S. The van der Waals surface area contributed by atoms with Gasteiger partial charge in [0.2, 0.25) is 0 Å². The Bertz CT molecular complexity index is 921. The normalized spacial score (nSPS) is 15.4. The van der Waals surface area contributed by atoms with Crippen molar-refractivity contribution in [3.8, 4) is 0 Å². The number of carbonyl (C=O) groups excluding carboxylic acids is 3. The number of hydrogen-bond donors (Lipinski definition) is 1. The van der Waals surface area contributed by atoms with Crippen molar-refractivity contribution in [1.82, 2.24) is 10.2 Å². The van der Waals surface area contributed by atoms with Crippen LogP contribution in [0.15, 0.2) is 52.0 Å². The molecule has 1 fully saturated rings. The number of nitrogens with one attached hydrogen (secondary N) is 1. The third-order valence-electron chi connectivity index (χ3n) is 3.64. The number of thioether (sulfide) groups is 1. The highest BCUT2D eigenvalue weighted by Crippen LogP contribution is 2.32. The predicted molar refractivity (Wildman–Crippen MR) is 96.8 cm³/mol. The molecule has 1 N–H and O–H groups in total. The first kappa shape index (κ1) is 18.4. The molecule has 0 radical (unpaired) electrons. The number of nitro groups is 1. The van der Waals surface area contributed by atoms with Gasteiger partial charge in [0, 0.05) is 25.2 Å². The number of hydrogen-bond acceptors (Lipinski definition) is 7. The Morgan fingerprint density at radius 2 is 2.00 bits per heavy atom. The van der Waals surface area contributed by atoms with Crippen LogP contribution in [-0.2, 0) is 4.79 Å². The maximum absolute atomic E-state index is 12.4. The van der Waals surface area contributed by atoms with Crippen LogP contribution in [0.2, 0.25) is 0 Å². The zero-order valence-corrected chi connectivity index (χ0v) is 14.6. The molecule has 1 saturated heterocycles. The van der Waals surface area contributed by atoms with Crippen molar-refractivity contribution in [3.05, 3.63) is 69.0 Å². The van der Waals surface area contributed by atoms with Crippen molar-refractivity contribution in [2.45, 2.75) is 0 Å². The van der Waals surface area contributed by atoms with E-state index in [1.165, 1.54) is 42.7 Å². The fourth-order valence-electron chi connectivity index (χ4n) is 2.31. The van der Waals surface area contributed by atoms with Gasteiger partial charge in [0.15, 0.2) is 5.76 Å². The zero-order chi connectivity index (χ0) is 19.4. The molecule has 1 aromatic carbocycles. The first-order valence-electron chi connectivity index (χ1n) is 7.77. The summed E-state index contributed by atoms with van der Waals surface area (Å²) in [5, 5.41) is 12.8. The lowest BCUT2D eigenvalue weighted by molar-refractivity contribution is -0.384. The van der Waals surface area contributed by atoms with Crippen LogP contribution in [0.5, 0.6) is 0 Å². The van der Waals surface area contributed by atoms with Gasteiger partial charge in [0.05, 0.1) is 16.1 Å². The summed E-state index contributed by atoms with van der Waals surface area (Å²) in [6.45, 7) is 0.108. The van der Waals surface area contributed by atoms with Crippen LogP contribution < -0.4 is 5.32 Å². The summed E-state index contributed by atoms with van der Waals surface area (Å²) >= 11 is 0.777. The fraction of sp³-hybridized carbons (Fsp3) is 0.118. The van der Waals surface area contributed by atoms with Gasteiger partial charge >= 0.3 is 0 Å². The van der Waals surface area contributed by atoms with Crippen molar-refractivity contribution in [2.75, 3.05) is 13.1 Å². The van der Waals surface area contributed by atoms with Crippen LogP contribution in [0, 0.1) is 10.1 Å². The van der Waals surface area contributed by atoms with Gasteiger partial charge in [0.25, 0.3) is 22.7 Å². The Hall–Kier alpha value is -3.40. The molecular weight excluding hydrogens is 374 g/mol. The summed E-state index contributed by atoms with van der Waals surface area (Å²) in [5.41, 5.74) is 0.504. The van der Waals surface area contributed by atoms with Gasteiger partial charge in [0.1, 0.15) is 0 Å². The quantitative estimate of drug-likeness (QED) is 0.459. The van der Waals surface area contributed by atoms with E-state index in [1.54, 1.807) is 6.07 Å². The highest BCUT2D eigenvalue weighted by molar-refractivity contribution is 8.18.